The summed E-state index contributed by atoms with van der Waals surface area (Å²) in [6, 6.07) is 7.79. The summed E-state index contributed by atoms with van der Waals surface area (Å²) in [6.45, 7) is 1.81. The fraction of sp³-hybridized carbons (Fsp3) is 0.133. The number of hydrogen-bond acceptors (Lipinski definition) is 6. The molecular weight excluding hydrogens is 284 g/mol. The molecule has 21 heavy (non-hydrogen) atoms. The van der Waals surface area contributed by atoms with Gasteiger partial charge in [0.15, 0.2) is 0 Å². The predicted molar refractivity (Wildman–Crippen MR) is 84.3 cm³/mol. The zero-order chi connectivity index (χ0) is 14.8. The first-order valence-corrected chi connectivity index (χ1v) is 7.25. The molecule has 0 fully saturated rings. The standard InChI is InChI=1S/C15H14N4OS/c1-9-17-7-12(14(16)18-9)15-19-13(8-21-15)10-3-5-11(20-2)6-4-10/h3-8H,1-2H3,(H2,16,17,18). The number of methoxy groups -OCH3 is 1. The molecule has 0 atom stereocenters. The highest BCUT2D eigenvalue weighted by atomic mass is 32.1. The zero-order valence-corrected chi connectivity index (χ0v) is 12.5. The van der Waals surface area contributed by atoms with Crippen molar-refractivity contribution in [1.82, 2.24) is 15.0 Å². The minimum absolute atomic E-state index is 0.457. The minimum atomic E-state index is 0.457. The van der Waals surface area contributed by atoms with Gasteiger partial charge < -0.3 is 10.5 Å². The van der Waals surface area contributed by atoms with Crippen molar-refractivity contribution in [3.63, 3.8) is 0 Å². The van der Waals surface area contributed by atoms with Crippen LogP contribution in [0.15, 0.2) is 35.8 Å². The number of benzene rings is 1. The molecule has 0 saturated heterocycles. The quantitative estimate of drug-likeness (QED) is 0.804. The Morgan fingerprint density at radius 1 is 1.14 bits per heavy atom. The van der Waals surface area contributed by atoms with E-state index in [0.717, 1.165) is 27.6 Å². The highest BCUT2D eigenvalue weighted by Gasteiger charge is 2.11. The maximum Gasteiger partial charge on any atom is 0.137 e. The van der Waals surface area contributed by atoms with Crippen LogP contribution >= 0.6 is 11.3 Å². The molecule has 0 unspecified atom stereocenters. The van der Waals surface area contributed by atoms with Crippen molar-refractivity contribution >= 4 is 17.2 Å². The summed E-state index contributed by atoms with van der Waals surface area (Å²) >= 11 is 1.53. The summed E-state index contributed by atoms with van der Waals surface area (Å²) < 4.78 is 5.16. The number of aryl methyl sites for hydroxylation is 1. The van der Waals surface area contributed by atoms with E-state index in [1.54, 1.807) is 13.3 Å². The Kier molecular flexibility index (Phi) is 3.53. The largest absolute Gasteiger partial charge is 0.497 e. The Hall–Kier alpha value is -2.47. The Balaban J connectivity index is 1.95. The Morgan fingerprint density at radius 2 is 1.90 bits per heavy atom. The van der Waals surface area contributed by atoms with Crippen LogP contribution in [0.2, 0.25) is 0 Å². The molecule has 2 N–H and O–H groups in total. The normalized spacial score (nSPS) is 10.6. The average molecular weight is 298 g/mol. The van der Waals surface area contributed by atoms with Gasteiger partial charge in [-0.25, -0.2) is 15.0 Å². The van der Waals surface area contributed by atoms with Crippen LogP contribution in [0.25, 0.3) is 21.8 Å². The summed E-state index contributed by atoms with van der Waals surface area (Å²) in [7, 11) is 1.65. The number of nitrogens with two attached hydrogens (primary N) is 1. The number of nitrogens with zero attached hydrogens (tertiary/aromatic N) is 3. The Bertz CT molecular complexity index is 768. The Labute approximate surface area is 126 Å². The topological polar surface area (TPSA) is 73.9 Å². The van der Waals surface area contributed by atoms with Gasteiger partial charge in [-0.2, -0.15) is 0 Å². The molecule has 0 aliphatic heterocycles. The third kappa shape index (κ3) is 2.71. The van der Waals surface area contributed by atoms with Gasteiger partial charge in [0, 0.05) is 17.1 Å². The van der Waals surface area contributed by atoms with E-state index < -0.39 is 0 Å². The Morgan fingerprint density at radius 3 is 2.57 bits per heavy atom. The van der Waals surface area contributed by atoms with Crippen LogP contribution in [0.1, 0.15) is 5.82 Å². The second kappa shape index (κ2) is 5.49. The molecule has 0 bridgehead atoms. The number of aromatic nitrogens is 3. The number of anilines is 1. The summed E-state index contributed by atoms with van der Waals surface area (Å²) in [4.78, 5) is 13.0. The van der Waals surface area contributed by atoms with Crippen LogP contribution in [0.4, 0.5) is 5.82 Å². The van der Waals surface area contributed by atoms with E-state index in [4.69, 9.17) is 10.5 Å². The van der Waals surface area contributed by atoms with Crippen LogP contribution in [0, 0.1) is 6.92 Å². The van der Waals surface area contributed by atoms with Gasteiger partial charge in [-0.3, -0.25) is 0 Å². The van der Waals surface area contributed by atoms with Crippen molar-refractivity contribution < 1.29 is 4.74 Å². The smallest absolute Gasteiger partial charge is 0.137 e. The van der Waals surface area contributed by atoms with Gasteiger partial charge in [0.1, 0.15) is 22.4 Å². The molecule has 0 saturated carbocycles. The van der Waals surface area contributed by atoms with E-state index in [1.165, 1.54) is 11.3 Å². The molecule has 0 radical (unpaired) electrons. The monoisotopic (exact) mass is 298 g/mol. The van der Waals surface area contributed by atoms with Gasteiger partial charge in [0.2, 0.25) is 0 Å². The third-order valence-electron chi connectivity index (χ3n) is 3.06. The number of nitrogen functional groups attached to an aromatic ring is 1. The van der Waals surface area contributed by atoms with Crippen LogP contribution in [-0.2, 0) is 0 Å². The lowest BCUT2D eigenvalue weighted by molar-refractivity contribution is 0.415. The van der Waals surface area contributed by atoms with Gasteiger partial charge in [0.25, 0.3) is 0 Å². The van der Waals surface area contributed by atoms with Crippen molar-refractivity contribution in [3.8, 4) is 27.6 Å². The predicted octanol–water partition coefficient (Wildman–Crippen LogP) is 3.17. The lowest BCUT2D eigenvalue weighted by atomic mass is 10.2. The number of hydrogen-bond donors (Lipinski definition) is 1. The van der Waals surface area contributed by atoms with Crippen molar-refractivity contribution in [2.75, 3.05) is 12.8 Å². The molecule has 3 rings (SSSR count). The van der Waals surface area contributed by atoms with Crippen LogP contribution in [-0.4, -0.2) is 22.1 Å². The van der Waals surface area contributed by atoms with Crippen molar-refractivity contribution in [2.24, 2.45) is 0 Å². The molecule has 2 heterocycles. The SMILES string of the molecule is COc1ccc(-c2csc(-c3cnc(C)nc3N)n2)cc1. The van der Waals surface area contributed by atoms with E-state index in [-0.39, 0.29) is 0 Å². The van der Waals surface area contributed by atoms with E-state index in [2.05, 4.69) is 15.0 Å². The molecular formula is C15H14N4OS. The van der Waals surface area contributed by atoms with Crippen molar-refractivity contribution in [2.45, 2.75) is 6.92 Å². The first kappa shape index (κ1) is 13.5. The fourth-order valence-electron chi connectivity index (χ4n) is 1.94. The minimum Gasteiger partial charge on any atom is -0.497 e. The zero-order valence-electron chi connectivity index (χ0n) is 11.7. The van der Waals surface area contributed by atoms with Gasteiger partial charge in [-0.1, -0.05) is 0 Å². The summed E-state index contributed by atoms with van der Waals surface area (Å²) in [5, 5.41) is 2.81. The van der Waals surface area contributed by atoms with E-state index in [9.17, 15) is 0 Å². The average Bonchev–Trinajstić information content (AvgIpc) is 2.97. The van der Waals surface area contributed by atoms with Crippen molar-refractivity contribution in [1.29, 1.82) is 0 Å². The number of thiazole rings is 1. The lowest BCUT2D eigenvalue weighted by Gasteiger charge is -2.02. The van der Waals surface area contributed by atoms with Gasteiger partial charge in [0.05, 0.1) is 18.4 Å². The third-order valence-corrected chi connectivity index (χ3v) is 3.93. The first-order chi connectivity index (χ1) is 10.2. The molecule has 0 spiro atoms. The fourth-order valence-corrected chi connectivity index (χ4v) is 2.79. The van der Waals surface area contributed by atoms with Crippen LogP contribution in [0.3, 0.4) is 0 Å². The summed E-state index contributed by atoms with van der Waals surface area (Å²) in [5.41, 5.74) is 8.64. The highest BCUT2D eigenvalue weighted by molar-refractivity contribution is 7.13. The number of ether oxygens (including phenoxy) is 1. The maximum absolute atomic E-state index is 5.94. The second-order valence-corrected chi connectivity index (χ2v) is 5.34. The van der Waals surface area contributed by atoms with Gasteiger partial charge >= 0.3 is 0 Å². The van der Waals surface area contributed by atoms with E-state index in [0.29, 0.717) is 11.6 Å². The molecule has 2 aromatic heterocycles. The second-order valence-electron chi connectivity index (χ2n) is 4.48. The molecule has 0 aliphatic carbocycles. The maximum atomic E-state index is 5.94. The molecule has 3 aromatic rings. The number of rotatable bonds is 3. The lowest BCUT2D eigenvalue weighted by Crippen LogP contribution is -1.98. The van der Waals surface area contributed by atoms with Crippen LogP contribution in [0.5, 0.6) is 5.75 Å². The van der Waals surface area contributed by atoms with Crippen molar-refractivity contribution in [3.05, 3.63) is 41.7 Å². The van der Waals surface area contributed by atoms with Crippen LogP contribution < -0.4 is 10.5 Å². The molecule has 1 aromatic carbocycles. The first-order valence-electron chi connectivity index (χ1n) is 6.37. The summed E-state index contributed by atoms with van der Waals surface area (Å²) in [5.74, 6) is 1.94. The molecule has 0 aliphatic rings. The van der Waals surface area contributed by atoms with Gasteiger partial charge in [-0.15, -0.1) is 11.3 Å². The van der Waals surface area contributed by atoms with E-state index >= 15 is 0 Å². The highest BCUT2D eigenvalue weighted by Crippen LogP contribution is 2.31. The van der Waals surface area contributed by atoms with E-state index in [1.807, 2.05) is 36.6 Å². The van der Waals surface area contributed by atoms with Gasteiger partial charge in [-0.05, 0) is 31.2 Å². The molecule has 6 heteroatoms. The molecule has 106 valence electrons. The molecule has 0 amide bonds. The molecule has 5 nitrogen and oxygen atoms in total. The summed E-state index contributed by atoms with van der Waals surface area (Å²) in [6.07, 6.45) is 1.72.